The number of nitrogens with zero attached hydrogens (tertiary/aromatic N) is 4. The van der Waals surface area contributed by atoms with Crippen LogP contribution in [-0.2, 0) is 26.1 Å². The van der Waals surface area contributed by atoms with E-state index in [0.717, 1.165) is 28.9 Å². The van der Waals surface area contributed by atoms with Crippen molar-refractivity contribution in [1.29, 1.82) is 0 Å². The van der Waals surface area contributed by atoms with Crippen molar-refractivity contribution in [3.05, 3.63) is 89.2 Å². The summed E-state index contributed by atoms with van der Waals surface area (Å²) in [6.07, 6.45) is 3.38. The minimum Gasteiger partial charge on any atom is -0.464 e. The van der Waals surface area contributed by atoms with Crippen molar-refractivity contribution in [2.45, 2.75) is 26.1 Å². The van der Waals surface area contributed by atoms with E-state index in [-0.39, 0.29) is 0 Å². The Labute approximate surface area is 175 Å². The van der Waals surface area contributed by atoms with Gasteiger partial charge in [0.25, 0.3) is 0 Å². The molecule has 0 saturated heterocycles. The van der Waals surface area contributed by atoms with Crippen LogP contribution >= 0.6 is 0 Å². The maximum absolute atomic E-state index is 12.3. The average molecular weight is 401 g/mol. The standard InChI is InChI=1S/C23H23N5O2/c29-23(30)28(27-13-10-17-4-1-2-5-18(17)15-27)22-7-3-6-19-14-26(16-21(19)22)25-20-8-11-24-12-9-20/h1-9,11-12H,10,13-16H2,(H,24,25)(H,29,30). The van der Waals surface area contributed by atoms with Gasteiger partial charge in [-0.25, -0.2) is 19.8 Å². The fraction of sp³-hybridized carbons (Fsp3) is 0.217. The van der Waals surface area contributed by atoms with Crippen LogP contribution in [0.3, 0.4) is 0 Å². The third kappa shape index (κ3) is 3.49. The molecule has 2 N–H and O–H groups in total. The minimum absolute atomic E-state index is 0.588. The number of aromatic nitrogens is 1. The summed E-state index contributed by atoms with van der Waals surface area (Å²) in [5, 5.41) is 15.6. The monoisotopic (exact) mass is 401 g/mol. The van der Waals surface area contributed by atoms with E-state index in [9.17, 15) is 9.90 Å². The third-order valence-electron chi connectivity index (χ3n) is 5.73. The summed E-state index contributed by atoms with van der Waals surface area (Å²) >= 11 is 0. The zero-order valence-corrected chi connectivity index (χ0v) is 16.5. The van der Waals surface area contributed by atoms with Crippen LogP contribution < -0.4 is 10.4 Å². The maximum atomic E-state index is 12.3. The number of amides is 1. The summed E-state index contributed by atoms with van der Waals surface area (Å²) in [6, 6.07) is 18.0. The van der Waals surface area contributed by atoms with E-state index in [1.165, 1.54) is 16.1 Å². The Balaban J connectivity index is 1.42. The molecule has 0 spiro atoms. The molecular formula is C23H23N5O2. The lowest BCUT2D eigenvalue weighted by molar-refractivity contribution is 0.162. The number of hydrogen-bond acceptors (Lipinski definition) is 5. The number of benzene rings is 2. The van der Waals surface area contributed by atoms with Gasteiger partial charge in [0, 0.05) is 38.6 Å². The lowest BCUT2D eigenvalue weighted by Crippen LogP contribution is -2.48. The van der Waals surface area contributed by atoms with Gasteiger partial charge in [-0.05, 0) is 46.9 Å². The summed E-state index contributed by atoms with van der Waals surface area (Å²) in [7, 11) is 0. The number of carboxylic acid groups (broad SMARTS) is 1. The van der Waals surface area contributed by atoms with E-state index in [0.29, 0.717) is 26.2 Å². The number of hydrazine groups is 2. The van der Waals surface area contributed by atoms with Crippen LogP contribution in [0.5, 0.6) is 0 Å². The van der Waals surface area contributed by atoms with Crippen molar-refractivity contribution in [1.82, 2.24) is 15.0 Å². The van der Waals surface area contributed by atoms with Gasteiger partial charge in [0.1, 0.15) is 0 Å². The lowest BCUT2D eigenvalue weighted by Gasteiger charge is -2.37. The number of carbonyl (C=O) groups is 1. The molecule has 0 bridgehead atoms. The first kappa shape index (κ1) is 18.6. The van der Waals surface area contributed by atoms with Gasteiger partial charge < -0.3 is 10.5 Å². The van der Waals surface area contributed by atoms with Gasteiger partial charge in [-0.2, -0.15) is 0 Å². The third-order valence-corrected chi connectivity index (χ3v) is 5.73. The number of anilines is 2. The number of rotatable bonds is 4. The second-order valence-corrected chi connectivity index (χ2v) is 7.62. The Morgan fingerprint density at radius 2 is 1.70 bits per heavy atom. The average Bonchev–Trinajstić information content (AvgIpc) is 3.17. The van der Waals surface area contributed by atoms with E-state index < -0.39 is 6.09 Å². The smallest absolute Gasteiger partial charge is 0.426 e. The van der Waals surface area contributed by atoms with Crippen LogP contribution in [0.25, 0.3) is 0 Å². The normalized spacial score (nSPS) is 16.0. The summed E-state index contributed by atoms with van der Waals surface area (Å²) in [5.74, 6) is 0. The number of fused-ring (bicyclic) bond motifs is 2. The Kier molecular flexibility index (Phi) is 4.82. The zero-order valence-electron chi connectivity index (χ0n) is 16.5. The Hall–Kier alpha value is -3.42. The van der Waals surface area contributed by atoms with Crippen LogP contribution in [0.2, 0.25) is 0 Å². The first-order valence-corrected chi connectivity index (χ1v) is 10.1. The Morgan fingerprint density at radius 1 is 0.933 bits per heavy atom. The van der Waals surface area contributed by atoms with Crippen molar-refractivity contribution >= 4 is 17.5 Å². The van der Waals surface area contributed by atoms with Gasteiger partial charge >= 0.3 is 6.09 Å². The zero-order chi connectivity index (χ0) is 20.5. The highest BCUT2D eigenvalue weighted by atomic mass is 16.4. The Morgan fingerprint density at radius 3 is 2.50 bits per heavy atom. The summed E-state index contributed by atoms with van der Waals surface area (Å²) in [6.45, 7) is 2.60. The molecular weight excluding hydrogens is 378 g/mol. The highest BCUT2D eigenvalue weighted by Crippen LogP contribution is 2.34. The lowest BCUT2D eigenvalue weighted by atomic mass is 10.0. The molecule has 7 heteroatoms. The van der Waals surface area contributed by atoms with Gasteiger partial charge in [-0.15, -0.1) is 0 Å². The van der Waals surface area contributed by atoms with E-state index in [1.807, 2.05) is 41.4 Å². The molecule has 7 nitrogen and oxygen atoms in total. The molecule has 2 aliphatic rings. The molecule has 0 radical (unpaired) electrons. The van der Waals surface area contributed by atoms with Gasteiger partial charge in [0.05, 0.1) is 11.4 Å². The maximum Gasteiger partial charge on any atom is 0.426 e. The molecule has 5 rings (SSSR count). The molecule has 2 aliphatic heterocycles. The fourth-order valence-electron chi connectivity index (χ4n) is 4.32. The highest BCUT2D eigenvalue weighted by molar-refractivity contribution is 5.86. The summed E-state index contributed by atoms with van der Waals surface area (Å²) < 4.78 is 0. The van der Waals surface area contributed by atoms with Crippen LogP contribution in [0.1, 0.15) is 22.3 Å². The second kappa shape index (κ2) is 7.78. The van der Waals surface area contributed by atoms with E-state index in [1.54, 1.807) is 12.4 Å². The predicted molar refractivity (Wildman–Crippen MR) is 115 cm³/mol. The summed E-state index contributed by atoms with van der Waals surface area (Å²) in [4.78, 5) is 16.4. The van der Waals surface area contributed by atoms with Crippen molar-refractivity contribution < 1.29 is 9.90 Å². The quantitative estimate of drug-likeness (QED) is 0.691. The topological polar surface area (TPSA) is 71.9 Å². The molecule has 152 valence electrons. The van der Waals surface area contributed by atoms with E-state index >= 15 is 0 Å². The Bertz CT molecular complexity index is 1070. The van der Waals surface area contributed by atoms with Crippen LogP contribution in [-0.4, -0.2) is 32.7 Å². The number of nitrogens with one attached hydrogen (secondary N) is 1. The van der Waals surface area contributed by atoms with Crippen LogP contribution in [0, 0.1) is 0 Å². The fourth-order valence-corrected chi connectivity index (χ4v) is 4.32. The SMILES string of the molecule is O=C(O)N(c1cccc2c1CN(Nc1ccncc1)C2)N1CCc2ccccc2C1. The van der Waals surface area contributed by atoms with E-state index in [2.05, 4.69) is 33.6 Å². The second-order valence-electron chi connectivity index (χ2n) is 7.62. The molecule has 2 aromatic carbocycles. The van der Waals surface area contributed by atoms with Gasteiger partial charge in [-0.1, -0.05) is 36.4 Å². The summed E-state index contributed by atoms with van der Waals surface area (Å²) in [5.41, 5.74) is 9.74. The minimum atomic E-state index is -0.955. The molecule has 3 heterocycles. The first-order chi connectivity index (χ1) is 14.7. The molecule has 0 aliphatic carbocycles. The molecule has 0 saturated carbocycles. The highest BCUT2D eigenvalue weighted by Gasteiger charge is 2.31. The molecule has 0 atom stereocenters. The molecule has 1 aromatic heterocycles. The van der Waals surface area contributed by atoms with Crippen molar-refractivity contribution in [3.8, 4) is 0 Å². The van der Waals surface area contributed by atoms with Gasteiger partial charge in [0.15, 0.2) is 0 Å². The number of pyridine rings is 1. The molecule has 0 fully saturated rings. The number of hydrogen-bond donors (Lipinski definition) is 2. The molecule has 3 aromatic rings. The van der Waals surface area contributed by atoms with Crippen molar-refractivity contribution in [2.24, 2.45) is 0 Å². The first-order valence-electron chi connectivity index (χ1n) is 10.1. The molecule has 30 heavy (non-hydrogen) atoms. The largest absolute Gasteiger partial charge is 0.464 e. The van der Waals surface area contributed by atoms with Crippen molar-refractivity contribution in [3.63, 3.8) is 0 Å². The van der Waals surface area contributed by atoms with Gasteiger partial charge in [-0.3, -0.25) is 4.98 Å². The molecule has 1 amide bonds. The molecule has 0 unspecified atom stereocenters. The van der Waals surface area contributed by atoms with Gasteiger partial charge in [0.2, 0.25) is 0 Å². The van der Waals surface area contributed by atoms with Crippen molar-refractivity contribution in [2.75, 3.05) is 17.0 Å². The van der Waals surface area contributed by atoms with Crippen LogP contribution in [0.4, 0.5) is 16.2 Å². The predicted octanol–water partition coefficient (Wildman–Crippen LogP) is 3.88. The van der Waals surface area contributed by atoms with Crippen LogP contribution in [0.15, 0.2) is 67.0 Å². The van der Waals surface area contributed by atoms with E-state index in [4.69, 9.17) is 0 Å².